The topological polar surface area (TPSA) is 115 Å². The second-order valence-electron chi connectivity index (χ2n) is 7.91. The molecule has 0 aromatic rings. The molecule has 0 amide bonds. The summed E-state index contributed by atoms with van der Waals surface area (Å²) < 4.78 is 19.9. The van der Waals surface area contributed by atoms with Crippen LogP contribution in [0.3, 0.4) is 0 Å². The molecule has 2 rings (SSSR count). The fourth-order valence-corrected chi connectivity index (χ4v) is 3.51. The molecule has 2 saturated heterocycles. The minimum Gasteiger partial charge on any atom is -0.481 e. The van der Waals surface area contributed by atoms with Gasteiger partial charge in [-0.05, 0) is 46.2 Å². The Kier molecular flexibility index (Phi) is 23.5. The molecule has 35 heavy (non-hydrogen) atoms. The van der Waals surface area contributed by atoms with Crippen LogP contribution >= 0.6 is 15.9 Å². The molecule has 0 aliphatic carbocycles. The zero-order valence-corrected chi connectivity index (χ0v) is 23.1. The van der Waals surface area contributed by atoms with Crippen LogP contribution in [-0.4, -0.2) is 117 Å². The summed E-state index contributed by atoms with van der Waals surface area (Å²) in [4.78, 5) is 36.3. The van der Waals surface area contributed by atoms with E-state index in [1.807, 2.05) is 13.8 Å². The van der Waals surface area contributed by atoms with Crippen LogP contribution in [0.4, 0.5) is 0 Å². The third kappa shape index (κ3) is 22.9. The highest BCUT2D eigenvalue weighted by atomic mass is 79.9. The van der Waals surface area contributed by atoms with E-state index in [1.54, 1.807) is 0 Å². The maximum atomic E-state index is 11.0. The van der Waals surface area contributed by atoms with Crippen LogP contribution in [-0.2, 0) is 33.3 Å². The molecule has 206 valence electrons. The van der Waals surface area contributed by atoms with E-state index in [0.717, 1.165) is 90.3 Å². The van der Waals surface area contributed by atoms with Gasteiger partial charge in [-0.1, -0.05) is 15.9 Å². The summed E-state index contributed by atoms with van der Waals surface area (Å²) in [6, 6.07) is 0. The number of alkyl halides is 1. The molecule has 0 spiro atoms. The van der Waals surface area contributed by atoms with E-state index >= 15 is 0 Å². The number of morpholine rings is 2. The van der Waals surface area contributed by atoms with Gasteiger partial charge in [-0.2, -0.15) is 0 Å². The molecule has 11 heteroatoms. The van der Waals surface area contributed by atoms with Crippen molar-refractivity contribution in [3.05, 3.63) is 0 Å². The first-order valence-electron chi connectivity index (χ1n) is 12.6. The van der Waals surface area contributed by atoms with Crippen molar-refractivity contribution in [2.45, 2.75) is 52.4 Å². The number of carboxylic acids is 1. The Bertz CT molecular complexity index is 542. The Morgan fingerprint density at radius 2 is 1.14 bits per heavy atom. The maximum Gasteiger partial charge on any atom is 0.305 e. The van der Waals surface area contributed by atoms with E-state index in [4.69, 9.17) is 19.3 Å². The summed E-state index contributed by atoms with van der Waals surface area (Å²) >= 11 is 3.22. The number of carbonyl (C=O) groups excluding carboxylic acids is 2. The molecule has 0 bridgehead atoms. The maximum absolute atomic E-state index is 11.0. The van der Waals surface area contributed by atoms with Gasteiger partial charge in [0, 0.05) is 50.8 Å². The first-order valence-corrected chi connectivity index (χ1v) is 13.7. The van der Waals surface area contributed by atoms with Gasteiger partial charge in [0.1, 0.15) is 0 Å². The summed E-state index contributed by atoms with van der Waals surface area (Å²) in [6.07, 6.45) is 3.83. The Morgan fingerprint density at radius 1 is 0.743 bits per heavy atom. The molecule has 2 aliphatic rings. The highest BCUT2D eigenvalue weighted by Gasteiger charge is 2.11. The smallest absolute Gasteiger partial charge is 0.305 e. The second kappa shape index (κ2) is 24.4. The normalized spacial score (nSPS) is 16.2. The van der Waals surface area contributed by atoms with Gasteiger partial charge in [0.2, 0.25) is 0 Å². The van der Waals surface area contributed by atoms with E-state index in [2.05, 4.69) is 30.5 Å². The molecule has 0 atom stereocenters. The minimum absolute atomic E-state index is 0.0826. The number of hydrogen-bond donors (Lipinski definition) is 1. The van der Waals surface area contributed by atoms with E-state index in [1.165, 1.54) is 0 Å². The summed E-state index contributed by atoms with van der Waals surface area (Å²) in [6.45, 7) is 13.5. The van der Waals surface area contributed by atoms with Gasteiger partial charge in [-0.3, -0.25) is 24.2 Å². The minimum atomic E-state index is -0.705. The molecule has 2 aliphatic heterocycles. The first kappa shape index (κ1) is 33.7. The van der Waals surface area contributed by atoms with E-state index < -0.39 is 5.97 Å². The van der Waals surface area contributed by atoms with Gasteiger partial charge >= 0.3 is 17.9 Å². The van der Waals surface area contributed by atoms with Crippen molar-refractivity contribution in [2.24, 2.45) is 0 Å². The largest absolute Gasteiger partial charge is 0.481 e. The molecule has 2 fully saturated rings. The molecule has 10 nitrogen and oxygen atoms in total. The van der Waals surface area contributed by atoms with Crippen LogP contribution in [0.5, 0.6) is 0 Å². The standard InChI is InChI=1S/C10H19NO3.C8H15NO3.C6H11BrO2/c1-2-14-10(12)4-3-5-11-6-8-13-9-7-11;10-8(11)2-1-3-9-4-6-12-7-5-9;1-2-9-6(8)4-3-5-7/h2-9H2,1H3;1-7H2,(H,10,11);2-5H2,1H3. The van der Waals surface area contributed by atoms with Crippen molar-refractivity contribution in [1.29, 1.82) is 0 Å². The quantitative estimate of drug-likeness (QED) is 0.262. The molecule has 0 aromatic carbocycles. The van der Waals surface area contributed by atoms with Crippen molar-refractivity contribution in [3.63, 3.8) is 0 Å². The van der Waals surface area contributed by atoms with E-state index in [9.17, 15) is 14.4 Å². The van der Waals surface area contributed by atoms with Crippen molar-refractivity contribution >= 4 is 33.8 Å². The summed E-state index contributed by atoms with van der Waals surface area (Å²) in [5.74, 6) is -0.888. The third-order valence-corrected chi connectivity index (χ3v) is 5.61. The Labute approximate surface area is 218 Å². The van der Waals surface area contributed by atoms with Crippen LogP contribution in [0.2, 0.25) is 0 Å². The van der Waals surface area contributed by atoms with E-state index in [-0.39, 0.29) is 18.4 Å². The lowest BCUT2D eigenvalue weighted by atomic mass is 10.3. The van der Waals surface area contributed by atoms with Crippen LogP contribution in [0.15, 0.2) is 0 Å². The average molecular weight is 570 g/mol. The highest BCUT2D eigenvalue weighted by Crippen LogP contribution is 2.01. The SMILES string of the molecule is CCOC(=O)CCCBr.CCOC(=O)CCCN1CCOCC1.O=C(O)CCCN1CCOCC1. The second-order valence-corrected chi connectivity index (χ2v) is 8.70. The monoisotopic (exact) mass is 568 g/mol. The number of carbonyl (C=O) groups is 3. The number of hydrogen-bond acceptors (Lipinski definition) is 9. The van der Waals surface area contributed by atoms with Crippen molar-refractivity contribution in [2.75, 3.05) is 84.2 Å². The van der Waals surface area contributed by atoms with Gasteiger partial charge in [-0.15, -0.1) is 0 Å². The summed E-state index contributed by atoms with van der Waals surface area (Å²) in [5.41, 5.74) is 0. The lowest BCUT2D eigenvalue weighted by Gasteiger charge is -2.26. The van der Waals surface area contributed by atoms with Gasteiger partial charge in [-0.25, -0.2) is 0 Å². The van der Waals surface area contributed by atoms with Crippen LogP contribution in [0.25, 0.3) is 0 Å². The number of halogens is 1. The van der Waals surface area contributed by atoms with Crippen LogP contribution in [0.1, 0.15) is 52.4 Å². The molecular weight excluding hydrogens is 524 g/mol. The molecule has 1 N–H and O–H groups in total. The van der Waals surface area contributed by atoms with Crippen molar-refractivity contribution in [1.82, 2.24) is 9.80 Å². The van der Waals surface area contributed by atoms with Crippen LogP contribution < -0.4 is 0 Å². The first-order chi connectivity index (χ1) is 16.9. The van der Waals surface area contributed by atoms with Gasteiger partial charge < -0.3 is 24.1 Å². The number of ether oxygens (including phenoxy) is 4. The Morgan fingerprint density at radius 3 is 1.51 bits per heavy atom. The Hall–Kier alpha value is -1.27. The lowest BCUT2D eigenvalue weighted by Crippen LogP contribution is -2.37. The number of nitrogens with zero attached hydrogens (tertiary/aromatic N) is 2. The predicted molar refractivity (Wildman–Crippen MR) is 137 cm³/mol. The zero-order valence-electron chi connectivity index (χ0n) is 21.5. The van der Waals surface area contributed by atoms with Gasteiger partial charge in [0.15, 0.2) is 0 Å². The molecule has 0 aromatic heterocycles. The van der Waals surface area contributed by atoms with Gasteiger partial charge in [0.05, 0.1) is 39.6 Å². The molecular formula is C24H45BrN2O8. The number of rotatable bonds is 13. The summed E-state index contributed by atoms with van der Waals surface area (Å²) in [5, 5.41) is 9.27. The molecule has 0 unspecified atom stereocenters. The predicted octanol–water partition coefficient (Wildman–Crippen LogP) is 2.57. The molecule has 0 radical (unpaired) electrons. The average Bonchev–Trinajstić information content (AvgIpc) is 2.85. The number of aliphatic carboxylic acids is 1. The fraction of sp³-hybridized carbons (Fsp3) is 0.875. The third-order valence-electron chi connectivity index (χ3n) is 5.05. The van der Waals surface area contributed by atoms with E-state index in [0.29, 0.717) is 26.1 Å². The fourth-order valence-electron chi connectivity index (χ4n) is 3.23. The molecule has 2 heterocycles. The van der Waals surface area contributed by atoms with Crippen LogP contribution in [0, 0.1) is 0 Å². The Balaban J connectivity index is 0.000000509. The number of carboxylic acid groups (broad SMARTS) is 1. The lowest BCUT2D eigenvalue weighted by molar-refractivity contribution is -0.144. The zero-order chi connectivity index (χ0) is 26.2. The molecule has 0 saturated carbocycles. The van der Waals surface area contributed by atoms with Crippen molar-refractivity contribution < 1.29 is 38.4 Å². The van der Waals surface area contributed by atoms with Gasteiger partial charge in [0.25, 0.3) is 0 Å². The summed E-state index contributed by atoms with van der Waals surface area (Å²) in [7, 11) is 0. The highest BCUT2D eigenvalue weighted by molar-refractivity contribution is 9.09. The number of esters is 2. The van der Waals surface area contributed by atoms with Crippen molar-refractivity contribution in [3.8, 4) is 0 Å².